The van der Waals surface area contributed by atoms with Crippen molar-refractivity contribution in [1.82, 2.24) is 10.6 Å². The van der Waals surface area contributed by atoms with Gasteiger partial charge in [-0.05, 0) is 45.4 Å². The van der Waals surface area contributed by atoms with Crippen LogP contribution < -0.4 is 10.6 Å². The maximum atomic E-state index is 11.6. The number of amides is 2. The van der Waals surface area contributed by atoms with Crippen molar-refractivity contribution < 1.29 is 9.59 Å². The molecule has 4 nitrogen and oxygen atoms in total. The quantitative estimate of drug-likeness (QED) is 0.549. The van der Waals surface area contributed by atoms with Crippen molar-refractivity contribution in [2.24, 2.45) is 0 Å². The molecule has 2 N–H and O–H groups in total. The molecule has 0 saturated heterocycles. The van der Waals surface area contributed by atoms with Gasteiger partial charge in [-0.1, -0.05) is 18.6 Å². The van der Waals surface area contributed by atoms with Crippen molar-refractivity contribution in [1.29, 1.82) is 0 Å². The van der Waals surface area contributed by atoms with E-state index in [0.29, 0.717) is 6.54 Å². The first-order valence-electron chi connectivity index (χ1n) is 7.35. The second kappa shape index (κ2) is 8.73. The van der Waals surface area contributed by atoms with Gasteiger partial charge in [0.1, 0.15) is 6.42 Å². The fourth-order valence-electron chi connectivity index (χ4n) is 2.13. The van der Waals surface area contributed by atoms with Crippen molar-refractivity contribution in [2.75, 3.05) is 6.54 Å². The van der Waals surface area contributed by atoms with Crippen LogP contribution in [0.15, 0.2) is 11.6 Å². The minimum absolute atomic E-state index is 0.0661. The third kappa shape index (κ3) is 6.99. The highest BCUT2D eigenvalue weighted by molar-refractivity contribution is 5.96. The molecule has 4 heteroatoms. The molecule has 2 amide bonds. The lowest BCUT2D eigenvalue weighted by molar-refractivity contribution is -0.129. The number of hydrogen-bond donors (Lipinski definition) is 2. The van der Waals surface area contributed by atoms with Gasteiger partial charge in [-0.15, -0.1) is 0 Å². The largest absolute Gasteiger partial charge is 0.355 e. The summed E-state index contributed by atoms with van der Waals surface area (Å²) in [5.41, 5.74) is 1.44. The second-order valence-corrected chi connectivity index (χ2v) is 5.26. The van der Waals surface area contributed by atoms with E-state index in [1.807, 2.05) is 13.8 Å². The summed E-state index contributed by atoms with van der Waals surface area (Å²) >= 11 is 0. The molecule has 108 valence electrons. The zero-order chi connectivity index (χ0) is 14.1. The maximum absolute atomic E-state index is 11.6. The molecule has 0 spiro atoms. The van der Waals surface area contributed by atoms with Crippen LogP contribution in [0.4, 0.5) is 0 Å². The summed E-state index contributed by atoms with van der Waals surface area (Å²) in [4.78, 5) is 23.1. The summed E-state index contributed by atoms with van der Waals surface area (Å²) in [6.45, 7) is 4.58. The number of hydrogen-bond acceptors (Lipinski definition) is 2. The standard InChI is InChI=1S/C15H26N2O2/c1-3-12(2)17-15(19)11-14(18)16-10-9-13-7-5-4-6-8-13/h7,12H,3-6,8-11H2,1-2H3,(H,16,18)(H,17,19). The Bertz CT molecular complexity index is 337. The molecule has 1 aliphatic carbocycles. The van der Waals surface area contributed by atoms with Gasteiger partial charge in [-0.3, -0.25) is 9.59 Å². The lowest BCUT2D eigenvalue weighted by Gasteiger charge is -2.13. The van der Waals surface area contributed by atoms with Crippen LogP contribution in [0, 0.1) is 0 Å². The van der Waals surface area contributed by atoms with Crippen LogP contribution in [0.5, 0.6) is 0 Å². The molecule has 0 aliphatic heterocycles. The highest BCUT2D eigenvalue weighted by Crippen LogP contribution is 2.19. The molecule has 0 aromatic carbocycles. The van der Waals surface area contributed by atoms with Gasteiger partial charge < -0.3 is 10.6 Å². The van der Waals surface area contributed by atoms with Crippen LogP contribution in [0.25, 0.3) is 0 Å². The minimum atomic E-state index is -0.191. The third-order valence-electron chi connectivity index (χ3n) is 3.49. The van der Waals surface area contributed by atoms with Crippen LogP contribution in [0.2, 0.25) is 0 Å². The average Bonchev–Trinajstić information content (AvgIpc) is 2.39. The molecule has 1 rings (SSSR count). The Hall–Kier alpha value is -1.32. The topological polar surface area (TPSA) is 58.2 Å². The molecule has 0 saturated carbocycles. The number of rotatable bonds is 7. The molecule has 19 heavy (non-hydrogen) atoms. The van der Waals surface area contributed by atoms with Crippen LogP contribution in [-0.4, -0.2) is 24.4 Å². The Labute approximate surface area is 116 Å². The second-order valence-electron chi connectivity index (χ2n) is 5.26. The van der Waals surface area contributed by atoms with Crippen LogP contribution in [0.1, 0.15) is 58.8 Å². The fraction of sp³-hybridized carbons (Fsp3) is 0.733. The van der Waals surface area contributed by atoms with E-state index in [1.165, 1.54) is 24.8 Å². The molecule has 0 fully saturated rings. The van der Waals surface area contributed by atoms with E-state index in [2.05, 4.69) is 16.7 Å². The first-order valence-corrected chi connectivity index (χ1v) is 7.35. The van der Waals surface area contributed by atoms with Gasteiger partial charge in [-0.25, -0.2) is 0 Å². The van der Waals surface area contributed by atoms with Crippen molar-refractivity contribution in [2.45, 2.75) is 64.8 Å². The summed E-state index contributed by atoms with van der Waals surface area (Å²) in [6, 6.07) is 0.132. The Balaban J connectivity index is 2.13. The fourth-order valence-corrected chi connectivity index (χ4v) is 2.13. The SMILES string of the molecule is CCC(C)NC(=O)CC(=O)NCCC1=CCCCC1. The highest BCUT2D eigenvalue weighted by atomic mass is 16.2. The van der Waals surface area contributed by atoms with Gasteiger partial charge in [0.25, 0.3) is 0 Å². The third-order valence-corrected chi connectivity index (χ3v) is 3.49. The Morgan fingerprint density at radius 2 is 2.11 bits per heavy atom. The first kappa shape index (κ1) is 15.7. The molecule has 0 aromatic heterocycles. The van der Waals surface area contributed by atoms with Crippen molar-refractivity contribution in [3.8, 4) is 0 Å². The Morgan fingerprint density at radius 3 is 2.74 bits per heavy atom. The van der Waals surface area contributed by atoms with Gasteiger partial charge in [-0.2, -0.15) is 0 Å². The summed E-state index contributed by atoms with van der Waals surface area (Å²) in [5, 5.41) is 5.60. The molecule has 1 aliphatic rings. The number of carbonyl (C=O) groups excluding carboxylic acids is 2. The van der Waals surface area contributed by atoms with Crippen LogP contribution >= 0.6 is 0 Å². The van der Waals surface area contributed by atoms with Gasteiger partial charge >= 0.3 is 0 Å². The molecule has 0 aromatic rings. The molecule has 1 atom stereocenters. The molecular formula is C15H26N2O2. The zero-order valence-corrected chi connectivity index (χ0v) is 12.1. The predicted molar refractivity (Wildman–Crippen MR) is 76.7 cm³/mol. The number of nitrogens with one attached hydrogen (secondary N) is 2. The van der Waals surface area contributed by atoms with E-state index >= 15 is 0 Å². The van der Waals surface area contributed by atoms with E-state index in [0.717, 1.165) is 19.3 Å². The maximum Gasteiger partial charge on any atom is 0.229 e. The van der Waals surface area contributed by atoms with Gasteiger partial charge in [0.2, 0.25) is 11.8 Å². The van der Waals surface area contributed by atoms with E-state index in [4.69, 9.17) is 0 Å². The molecular weight excluding hydrogens is 240 g/mol. The van der Waals surface area contributed by atoms with E-state index in [1.54, 1.807) is 0 Å². The normalized spacial score (nSPS) is 16.4. The lowest BCUT2D eigenvalue weighted by atomic mass is 9.97. The molecule has 0 radical (unpaired) electrons. The van der Waals surface area contributed by atoms with Crippen LogP contribution in [-0.2, 0) is 9.59 Å². The molecule has 1 unspecified atom stereocenters. The molecule has 0 bridgehead atoms. The summed E-state index contributed by atoms with van der Waals surface area (Å²) in [7, 11) is 0. The predicted octanol–water partition coefficient (Wildman–Crippen LogP) is 2.30. The Kier molecular flexibility index (Phi) is 7.23. The van der Waals surface area contributed by atoms with Gasteiger partial charge in [0.05, 0.1) is 0 Å². The number of carbonyl (C=O) groups is 2. The summed E-state index contributed by atoms with van der Waals surface area (Å²) in [6.07, 6.45) is 8.88. The Morgan fingerprint density at radius 1 is 1.32 bits per heavy atom. The smallest absolute Gasteiger partial charge is 0.229 e. The van der Waals surface area contributed by atoms with Crippen LogP contribution in [0.3, 0.4) is 0 Å². The highest BCUT2D eigenvalue weighted by Gasteiger charge is 2.11. The zero-order valence-electron chi connectivity index (χ0n) is 12.1. The van der Waals surface area contributed by atoms with Crippen molar-refractivity contribution in [3.63, 3.8) is 0 Å². The minimum Gasteiger partial charge on any atom is -0.355 e. The van der Waals surface area contributed by atoms with Crippen molar-refractivity contribution >= 4 is 11.8 Å². The monoisotopic (exact) mass is 266 g/mol. The number of allylic oxidation sites excluding steroid dienone is 1. The van der Waals surface area contributed by atoms with Gasteiger partial charge in [0.15, 0.2) is 0 Å². The average molecular weight is 266 g/mol. The summed E-state index contributed by atoms with van der Waals surface area (Å²) in [5.74, 6) is -0.374. The van der Waals surface area contributed by atoms with Crippen molar-refractivity contribution in [3.05, 3.63) is 11.6 Å². The first-order chi connectivity index (χ1) is 9.11. The lowest BCUT2D eigenvalue weighted by Crippen LogP contribution is -2.36. The molecule has 0 heterocycles. The van der Waals surface area contributed by atoms with E-state index < -0.39 is 0 Å². The van der Waals surface area contributed by atoms with Gasteiger partial charge in [0, 0.05) is 12.6 Å². The van der Waals surface area contributed by atoms with E-state index in [-0.39, 0.29) is 24.3 Å². The van der Waals surface area contributed by atoms with E-state index in [9.17, 15) is 9.59 Å². The summed E-state index contributed by atoms with van der Waals surface area (Å²) < 4.78 is 0.